The maximum atomic E-state index is 13.7. The van der Waals surface area contributed by atoms with Crippen molar-refractivity contribution in [2.24, 2.45) is 5.92 Å². The van der Waals surface area contributed by atoms with Crippen LogP contribution >= 0.6 is 22.9 Å². The number of halogens is 1. The van der Waals surface area contributed by atoms with E-state index < -0.39 is 12.1 Å². The second-order valence-corrected chi connectivity index (χ2v) is 10.1. The molecule has 0 bridgehead atoms. The minimum Gasteiger partial charge on any atom is -0.391 e. The van der Waals surface area contributed by atoms with Crippen LogP contribution in [-0.2, 0) is 4.79 Å². The van der Waals surface area contributed by atoms with Crippen LogP contribution in [0.25, 0.3) is 10.2 Å². The Labute approximate surface area is 183 Å². The quantitative estimate of drug-likeness (QED) is 0.642. The number of aliphatic hydroxyl groups is 1. The molecule has 5 rings (SSSR count). The van der Waals surface area contributed by atoms with Crippen molar-refractivity contribution in [3.05, 3.63) is 40.1 Å². The van der Waals surface area contributed by atoms with Gasteiger partial charge < -0.3 is 10.0 Å². The molecular weight excluding hydrogens is 422 g/mol. The van der Waals surface area contributed by atoms with Gasteiger partial charge in [-0.15, -0.1) is 16.4 Å². The number of hydrogen-bond donors (Lipinski definition) is 1. The summed E-state index contributed by atoms with van der Waals surface area (Å²) in [7, 11) is 0. The monoisotopic (exact) mass is 445 g/mol. The molecule has 1 aliphatic carbocycles. The number of aromatic nitrogens is 4. The number of benzene rings is 1. The summed E-state index contributed by atoms with van der Waals surface area (Å²) in [6.45, 7) is 4.33. The maximum Gasteiger partial charge on any atom is 0.248 e. The smallest absolute Gasteiger partial charge is 0.248 e. The molecule has 1 aromatic carbocycles. The third-order valence-corrected chi connectivity index (χ3v) is 7.28. The molecule has 3 aromatic rings. The van der Waals surface area contributed by atoms with E-state index in [0.717, 1.165) is 33.8 Å². The van der Waals surface area contributed by atoms with Gasteiger partial charge >= 0.3 is 0 Å². The standard InChI is InChI=1S/C21H24ClN5O2S/c1-11(2)19(27-10-16(24-25-27)12-3-4-12)21(29)26-9-14(28)8-17(26)20-23-15-7-13(22)5-6-18(15)30-20/h5-7,10-12,14,17,19,28H,3-4,8-9H2,1-2H3. The number of likely N-dealkylation sites (tertiary alicyclic amines) is 1. The Morgan fingerprint density at radius 2 is 2.13 bits per heavy atom. The average molecular weight is 446 g/mol. The summed E-state index contributed by atoms with van der Waals surface area (Å²) in [6, 6.07) is 4.91. The molecule has 2 aromatic heterocycles. The van der Waals surface area contributed by atoms with Crippen LogP contribution in [0.5, 0.6) is 0 Å². The third-order valence-electron chi connectivity index (χ3n) is 5.91. The zero-order chi connectivity index (χ0) is 21.0. The number of aliphatic hydroxyl groups excluding tert-OH is 1. The average Bonchev–Trinajstić information content (AvgIpc) is 3.10. The van der Waals surface area contributed by atoms with Crippen LogP contribution in [0.3, 0.4) is 0 Å². The molecule has 3 unspecified atom stereocenters. The van der Waals surface area contributed by atoms with Gasteiger partial charge in [-0.2, -0.15) is 0 Å². The van der Waals surface area contributed by atoms with Gasteiger partial charge in [-0.05, 0) is 37.0 Å². The van der Waals surface area contributed by atoms with Crippen LogP contribution < -0.4 is 0 Å². The molecule has 1 N–H and O–H groups in total. The van der Waals surface area contributed by atoms with Gasteiger partial charge in [0.25, 0.3) is 0 Å². The second kappa shape index (κ2) is 7.59. The summed E-state index contributed by atoms with van der Waals surface area (Å²) < 4.78 is 2.73. The summed E-state index contributed by atoms with van der Waals surface area (Å²) in [4.78, 5) is 20.2. The highest BCUT2D eigenvalue weighted by Gasteiger charge is 2.41. The first-order chi connectivity index (χ1) is 14.4. The molecular formula is C21H24ClN5O2S. The van der Waals surface area contributed by atoms with Crippen molar-refractivity contribution in [3.63, 3.8) is 0 Å². The number of nitrogens with zero attached hydrogens (tertiary/aromatic N) is 5. The molecule has 9 heteroatoms. The Morgan fingerprint density at radius 1 is 1.33 bits per heavy atom. The van der Waals surface area contributed by atoms with Crippen molar-refractivity contribution in [2.45, 2.75) is 57.2 Å². The molecule has 0 spiro atoms. The van der Waals surface area contributed by atoms with Gasteiger partial charge in [0.05, 0.1) is 28.1 Å². The molecule has 1 saturated carbocycles. The van der Waals surface area contributed by atoms with E-state index >= 15 is 0 Å². The first kappa shape index (κ1) is 19.9. The number of rotatable bonds is 5. The minimum atomic E-state index is -0.569. The summed E-state index contributed by atoms with van der Waals surface area (Å²) in [5.41, 5.74) is 1.79. The van der Waals surface area contributed by atoms with Crippen LogP contribution in [0.4, 0.5) is 0 Å². The van der Waals surface area contributed by atoms with Crippen molar-refractivity contribution in [1.29, 1.82) is 0 Å². The van der Waals surface area contributed by atoms with Gasteiger partial charge in [0.2, 0.25) is 5.91 Å². The lowest BCUT2D eigenvalue weighted by Gasteiger charge is -2.29. The van der Waals surface area contributed by atoms with E-state index in [2.05, 4.69) is 10.3 Å². The predicted octanol–water partition coefficient (Wildman–Crippen LogP) is 3.95. The first-order valence-corrected chi connectivity index (χ1v) is 11.6. The van der Waals surface area contributed by atoms with Crippen molar-refractivity contribution in [3.8, 4) is 0 Å². The number of amides is 1. The van der Waals surface area contributed by atoms with E-state index in [1.54, 1.807) is 20.9 Å². The van der Waals surface area contributed by atoms with Crippen molar-refractivity contribution < 1.29 is 9.90 Å². The summed E-state index contributed by atoms with van der Waals surface area (Å²) >= 11 is 7.66. The normalized spacial score (nSPS) is 22.9. The van der Waals surface area contributed by atoms with Crippen LogP contribution in [0, 0.1) is 5.92 Å². The molecule has 3 atom stereocenters. The van der Waals surface area contributed by atoms with Crippen molar-refractivity contribution in [1.82, 2.24) is 24.9 Å². The Balaban J connectivity index is 1.46. The lowest BCUT2D eigenvalue weighted by Crippen LogP contribution is -2.40. The van der Waals surface area contributed by atoms with E-state index in [1.807, 2.05) is 38.2 Å². The Kier molecular flexibility index (Phi) is 5.03. The van der Waals surface area contributed by atoms with Crippen LogP contribution in [0.1, 0.15) is 61.8 Å². The maximum absolute atomic E-state index is 13.7. The number of carbonyl (C=O) groups excluding carboxylic acids is 1. The van der Waals surface area contributed by atoms with E-state index in [9.17, 15) is 9.90 Å². The highest BCUT2D eigenvalue weighted by Crippen LogP contribution is 2.41. The third kappa shape index (κ3) is 3.61. The van der Waals surface area contributed by atoms with Crippen molar-refractivity contribution >= 4 is 39.1 Å². The SMILES string of the molecule is CC(C)C(C(=O)N1CC(O)CC1c1nc2cc(Cl)ccc2s1)n1cc(C2CC2)nn1. The zero-order valence-electron chi connectivity index (χ0n) is 16.9. The fourth-order valence-electron chi connectivity index (χ4n) is 4.22. The zero-order valence-corrected chi connectivity index (χ0v) is 18.5. The fraction of sp³-hybridized carbons (Fsp3) is 0.524. The van der Waals surface area contributed by atoms with E-state index in [1.165, 1.54) is 0 Å². The molecule has 1 saturated heterocycles. The van der Waals surface area contributed by atoms with E-state index in [-0.39, 0.29) is 17.9 Å². The van der Waals surface area contributed by atoms with Crippen LogP contribution in [0.15, 0.2) is 24.4 Å². The first-order valence-electron chi connectivity index (χ1n) is 10.4. The lowest BCUT2D eigenvalue weighted by molar-refractivity contribution is -0.137. The number of hydrogen-bond acceptors (Lipinski definition) is 6. The van der Waals surface area contributed by atoms with Gasteiger partial charge in [0.15, 0.2) is 0 Å². The van der Waals surface area contributed by atoms with Gasteiger partial charge in [0, 0.05) is 30.1 Å². The van der Waals surface area contributed by atoms with Gasteiger partial charge in [-0.25, -0.2) is 9.67 Å². The Bertz CT molecular complexity index is 1090. The fourth-order valence-corrected chi connectivity index (χ4v) is 5.46. The van der Waals surface area contributed by atoms with Crippen LogP contribution in [-0.4, -0.2) is 48.5 Å². The van der Waals surface area contributed by atoms with Gasteiger partial charge in [0.1, 0.15) is 11.0 Å². The van der Waals surface area contributed by atoms with Crippen molar-refractivity contribution in [2.75, 3.05) is 6.54 Å². The molecule has 30 heavy (non-hydrogen) atoms. The highest BCUT2D eigenvalue weighted by atomic mass is 35.5. The summed E-state index contributed by atoms with van der Waals surface area (Å²) in [6.07, 6.45) is 4.11. The Morgan fingerprint density at radius 3 is 2.87 bits per heavy atom. The lowest BCUT2D eigenvalue weighted by atomic mass is 10.0. The minimum absolute atomic E-state index is 0.0406. The van der Waals surface area contributed by atoms with E-state index in [4.69, 9.17) is 16.6 Å². The number of fused-ring (bicyclic) bond motifs is 1. The molecule has 1 amide bonds. The van der Waals surface area contributed by atoms with Gasteiger partial charge in [-0.1, -0.05) is 30.7 Å². The molecule has 158 valence electrons. The number of β-amino-alcohol motifs (C(OH)–C–C–N with tert-alkyl or cyclic N) is 1. The molecule has 2 fully saturated rings. The summed E-state index contributed by atoms with van der Waals surface area (Å²) in [5, 5.41) is 20.4. The second-order valence-electron chi connectivity index (χ2n) is 8.65. The molecule has 1 aliphatic heterocycles. The summed E-state index contributed by atoms with van der Waals surface area (Å²) in [5.74, 6) is 0.479. The van der Waals surface area contributed by atoms with Crippen LogP contribution in [0.2, 0.25) is 5.02 Å². The molecule has 7 nitrogen and oxygen atoms in total. The predicted molar refractivity (Wildman–Crippen MR) is 116 cm³/mol. The number of carbonyl (C=O) groups is 1. The molecule has 0 radical (unpaired) electrons. The molecule has 2 aliphatic rings. The van der Waals surface area contributed by atoms with Gasteiger partial charge in [-0.3, -0.25) is 4.79 Å². The topological polar surface area (TPSA) is 84.1 Å². The van der Waals surface area contributed by atoms with E-state index in [0.29, 0.717) is 23.9 Å². The highest BCUT2D eigenvalue weighted by molar-refractivity contribution is 7.18. The Hall–Kier alpha value is -2.03. The molecule has 3 heterocycles. The number of thiazole rings is 1. The largest absolute Gasteiger partial charge is 0.391 e.